The molecule has 3 aromatic rings. The molecule has 2 N–H and O–H groups in total. The first-order valence-electron chi connectivity index (χ1n) is 11.0. The van der Waals surface area contributed by atoms with E-state index in [0.717, 1.165) is 15.7 Å². The van der Waals surface area contributed by atoms with E-state index in [9.17, 15) is 19.2 Å². The number of fused-ring (bicyclic) bond motifs is 1. The quantitative estimate of drug-likeness (QED) is 0.512. The molecule has 3 aromatic carbocycles. The lowest BCUT2D eigenvalue weighted by Gasteiger charge is -2.23. The Hall–Kier alpha value is -4.40. The molecule has 0 radical (unpaired) electrons. The van der Waals surface area contributed by atoms with E-state index in [1.54, 1.807) is 44.4 Å². The SMILES string of the molecule is COc1ccc(NC(=O)CN(C)C(=O)CN2C(=O)NC(C)(c3ccc4ccccc4c3)C2=O)cc1. The van der Waals surface area contributed by atoms with Crippen molar-refractivity contribution < 1.29 is 23.9 Å². The number of nitrogens with zero attached hydrogens (tertiary/aromatic N) is 2. The lowest BCUT2D eigenvalue weighted by molar-refractivity contribution is -0.139. The first-order chi connectivity index (χ1) is 16.7. The Labute approximate surface area is 202 Å². The number of ether oxygens (including phenoxy) is 1. The van der Waals surface area contributed by atoms with Crippen LogP contribution < -0.4 is 15.4 Å². The second kappa shape index (κ2) is 9.46. The largest absolute Gasteiger partial charge is 0.497 e. The Bertz CT molecular complexity index is 1310. The van der Waals surface area contributed by atoms with Gasteiger partial charge in [-0.25, -0.2) is 4.79 Å². The molecular formula is C26H26N4O5. The molecule has 0 bridgehead atoms. The molecule has 0 spiro atoms. The summed E-state index contributed by atoms with van der Waals surface area (Å²) in [5, 5.41) is 7.35. The number of carbonyl (C=O) groups is 4. The van der Waals surface area contributed by atoms with Gasteiger partial charge in [0.2, 0.25) is 11.8 Å². The number of nitrogens with one attached hydrogen (secondary N) is 2. The van der Waals surface area contributed by atoms with Gasteiger partial charge in [-0.3, -0.25) is 19.3 Å². The summed E-state index contributed by atoms with van der Waals surface area (Å²) in [7, 11) is 2.99. The zero-order chi connectivity index (χ0) is 25.2. The number of methoxy groups -OCH3 is 1. The third-order valence-corrected chi connectivity index (χ3v) is 6.08. The maximum Gasteiger partial charge on any atom is 0.325 e. The lowest BCUT2D eigenvalue weighted by Crippen LogP contribution is -2.45. The minimum absolute atomic E-state index is 0.240. The molecule has 1 atom stereocenters. The van der Waals surface area contributed by atoms with Crippen LogP contribution in [-0.4, -0.2) is 60.8 Å². The highest BCUT2D eigenvalue weighted by molar-refractivity contribution is 6.09. The number of carbonyl (C=O) groups excluding carboxylic acids is 4. The molecule has 1 saturated heterocycles. The van der Waals surface area contributed by atoms with Gasteiger partial charge in [-0.05, 0) is 53.6 Å². The minimum atomic E-state index is -1.30. The summed E-state index contributed by atoms with van der Waals surface area (Å²) in [5.74, 6) is -0.827. The van der Waals surface area contributed by atoms with Crippen molar-refractivity contribution in [3.05, 3.63) is 72.3 Å². The van der Waals surface area contributed by atoms with Crippen LogP contribution in [0.15, 0.2) is 66.7 Å². The first kappa shape index (κ1) is 23.7. The molecule has 1 aliphatic rings. The highest BCUT2D eigenvalue weighted by Crippen LogP contribution is 2.31. The van der Waals surface area contributed by atoms with Gasteiger partial charge in [0, 0.05) is 12.7 Å². The normalized spacial score (nSPS) is 17.3. The molecule has 0 aromatic heterocycles. The van der Waals surface area contributed by atoms with E-state index in [4.69, 9.17) is 4.74 Å². The van der Waals surface area contributed by atoms with E-state index in [1.807, 2.05) is 36.4 Å². The standard InChI is InChI=1S/C26H26N4O5/c1-26(19-9-8-17-6-4-5-7-18(17)14-19)24(33)30(25(34)28-26)16-23(32)29(2)15-22(31)27-20-10-12-21(35-3)13-11-20/h4-14H,15-16H2,1-3H3,(H,27,31)(H,28,34). The maximum absolute atomic E-state index is 13.2. The summed E-state index contributed by atoms with van der Waals surface area (Å²) in [6.45, 7) is 0.907. The molecule has 35 heavy (non-hydrogen) atoms. The summed E-state index contributed by atoms with van der Waals surface area (Å²) >= 11 is 0. The molecule has 0 saturated carbocycles. The van der Waals surface area contributed by atoms with Gasteiger partial charge in [-0.2, -0.15) is 0 Å². The molecular weight excluding hydrogens is 448 g/mol. The van der Waals surface area contributed by atoms with Crippen molar-refractivity contribution in [2.75, 3.05) is 32.6 Å². The Balaban J connectivity index is 1.40. The lowest BCUT2D eigenvalue weighted by atomic mass is 9.90. The highest BCUT2D eigenvalue weighted by atomic mass is 16.5. The number of urea groups is 1. The molecule has 4 rings (SSSR count). The third kappa shape index (κ3) is 4.79. The fraction of sp³-hybridized carbons (Fsp3) is 0.231. The molecule has 9 heteroatoms. The topological polar surface area (TPSA) is 108 Å². The summed E-state index contributed by atoms with van der Waals surface area (Å²) in [5.41, 5.74) is -0.125. The average Bonchev–Trinajstić information content (AvgIpc) is 3.07. The van der Waals surface area contributed by atoms with Crippen LogP contribution in [0.2, 0.25) is 0 Å². The molecule has 1 fully saturated rings. The Morgan fingerprint density at radius 3 is 2.40 bits per heavy atom. The second-order valence-corrected chi connectivity index (χ2v) is 8.53. The van der Waals surface area contributed by atoms with E-state index < -0.39 is 35.8 Å². The van der Waals surface area contributed by atoms with Gasteiger partial charge in [0.15, 0.2) is 0 Å². The van der Waals surface area contributed by atoms with Crippen LogP contribution in [-0.2, 0) is 19.9 Å². The van der Waals surface area contributed by atoms with Crippen molar-refractivity contribution in [3.8, 4) is 5.75 Å². The van der Waals surface area contributed by atoms with Crippen molar-refractivity contribution in [1.29, 1.82) is 0 Å². The number of likely N-dealkylation sites (N-methyl/N-ethyl adjacent to an activating group) is 1. The minimum Gasteiger partial charge on any atom is -0.497 e. The fourth-order valence-corrected chi connectivity index (χ4v) is 3.97. The summed E-state index contributed by atoms with van der Waals surface area (Å²) in [4.78, 5) is 53.0. The molecule has 1 aliphatic heterocycles. The van der Waals surface area contributed by atoms with Crippen molar-refractivity contribution >= 4 is 40.2 Å². The fourth-order valence-electron chi connectivity index (χ4n) is 3.97. The van der Waals surface area contributed by atoms with Crippen molar-refractivity contribution in [1.82, 2.24) is 15.1 Å². The van der Waals surface area contributed by atoms with Crippen molar-refractivity contribution in [2.24, 2.45) is 0 Å². The molecule has 1 unspecified atom stereocenters. The number of hydrogen-bond acceptors (Lipinski definition) is 5. The van der Waals surface area contributed by atoms with Crippen molar-refractivity contribution in [2.45, 2.75) is 12.5 Å². The summed E-state index contributed by atoms with van der Waals surface area (Å²) < 4.78 is 5.08. The molecule has 0 aliphatic carbocycles. The van der Waals surface area contributed by atoms with Crippen LogP contribution in [0, 0.1) is 0 Å². The van der Waals surface area contributed by atoms with Gasteiger partial charge in [0.25, 0.3) is 5.91 Å². The van der Waals surface area contributed by atoms with E-state index >= 15 is 0 Å². The molecule has 9 nitrogen and oxygen atoms in total. The van der Waals surface area contributed by atoms with Gasteiger partial charge in [0.1, 0.15) is 17.8 Å². The number of anilines is 1. The third-order valence-electron chi connectivity index (χ3n) is 6.08. The number of benzene rings is 3. The van der Waals surface area contributed by atoms with Gasteiger partial charge in [-0.1, -0.05) is 36.4 Å². The molecule has 1 heterocycles. The molecule has 180 valence electrons. The van der Waals surface area contributed by atoms with Gasteiger partial charge in [0.05, 0.1) is 13.7 Å². The Kier molecular flexibility index (Phi) is 6.42. The number of imide groups is 1. The Morgan fingerprint density at radius 1 is 1.03 bits per heavy atom. The van der Waals surface area contributed by atoms with Crippen LogP contribution in [0.3, 0.4) is 0 Å². The maximum atomic E-state index is 13.2. The van der Waals surface area contributed by atoms with E-state index in [0.29, 0.717) is 17.0 Å². The van der Waals surface area contributed by atoms with E-state index in [1.165, 1.54) is 11.9 Å². The van der Waals surface area contributed by atoms with Gasteiger partial charge in [-0.15, -0.1) is 0 Å². The van der Waals surface area contributed by atoms with Crippen LogP contribution in [0.25, 0.3) is 10.8 Å². The monoisotopic (exact) mass is 474 g/mol. The number of rotatable bonds is 7. The number of hydrogen-bond donors (Lipinski definition) is 2. The van der Waals surface area contributed by atoms with E-state index in [2.05, 4.69) is 10.6 Å². The summed E-state index contributed by atoms with van der Waals surface area (Å²) in [6.07, 6.45) is 0. The van der Waals surface area contributed by atoms with Gasteiger partial charge >= 0.3 is 6.03 Å². The van der Waals surface area contributed by atoms with E-state index in [-0.39, 0.29) is 6.54 Å². The van der Waals surface area contributed by atoms with Crippen LogP contribution in [0.4, 0.5) is 10.5 Å². The van der Waals surface area contributed by atoms with Crippen LogP contribution >= 0.6 is 0 Å². The first-order valence-corrected chi connectivity index (χ1v) is 11.0. The zero-order valence-electron chi connectivity index (χ0n) is 19.7. The zero-order valence-corrected chi connectivity index (χ0v) is 19.7. The predicted octanol–water partition coefficient (Wildman–Crippen LogP) is 2.71. The smallest absolute Gasteiger partial charge is 0.325 e. The average molecular weight is 475 g/mol. The van der Waals surface area contributed by atoms with Crippen LogP contribution in [0.1, 0.15) is 12.5 Å². The predicted molar refractivity (Wildman–Crippen MR) is 131 cm³/mol. The Morgan fingerprint density at radius 2 is 1.71 bits per heavy atom. The molecule has 5 amide bonds. The summed E-state index contributed by atoms with van der Waals surface area (Å²) in [6, 6.07) is 19.4. The highest BCUT2D eigenvalue weighted by Gasteiger charge is 2.49. The van der Waals surface area contributed by atoms with Gasteiger partial charge < -0.3 is 20.3 Å². The number of amides is 5. The van der Waals surface area contributed by atoms with Crippen molar-refractivity contribution in [3.63, 3.8) is 0 Å². The second-order valence-electron chi connectivity index (χ2n) is 8.53. The van der Waals surface area contributed by atoms with Crippen LogP contribution in [0.5, 0.6) is 5.75 Å².